The van der Waals surface area contributed by atoms with Crippen LogP contribution in [0, 0.1) is 5.92 Å². The smallest absolute Gasteiger partial charge is 0.323 e. The Bertz CT molecular complexity index is 869. The zero-order valence-electron chi connectivity index (χ0n) is 13.2. The Morgan fingerprint density at radius 1 is 1.04 bits per heavy atom. The Hall–Kier alpha value is -2.24. The number of halogens is 1. The number of hydrogen-bond donors (Lipinski definition) is 3. The summed E-state index contributed by atoms with van der Waals surface area (Å²) in [7, 11) is 0. The SMILES string of the molecule is Cl.O=c1[nH]c2cc(Cc3ccccc3)cc(OCC3CNC3)c2[nH]1. The molecule has 0 atom stereocenters. The molecule has 4 rings (SSSR count). The second kappa shape index (κ2) is 7.11. The normalized spacial score (nSPS) is 14.2. The molecule has 3 N–H and O–H groups in total. The molecule has 1 aliphatic rings. The molecule has 0 spiro atoms. The zero-order chi connectivity index (χ0) is 15.6. The fraction of sp³-hybridized carbons (Fsp3) is 0.278. The van der Waals surface area contributed by atoms with Crippen molar-refractivity contribution >= 4 is 23.4 Å². The van der Waals surface area contributed by atoms with Gasteiger partial charge in [0, 0.05) is 19.0 Å². The highest BCUT2D eigenvalue weighted by Crippen LogP contribution is 2.26. The number of benzene rings is 2. The maximum absolute atomic E-state index is 11.6. The number of ether oxygens (including phenoxy) is 1. The summed E-state index contributed by atoms with van der Waals surface area (Å²) in [6.45, 7) is 2.66. The molecule has 1 aliphatic heterocycles. The Kier molecular flexibility index (Phi) is 4.92. The van der Waals surface area contributed by atoms with Crippen molar-refractivity contribution in [2.45, 2.75) is 6.42 Å². The van der Waals surface area contributed by atoms with Crippen LogP contribution in [-0.2, 0) is 6.42 Å². The average molecular weight is 346 g/mol. The number of rotatable bonds is 5. The number of hydrogen-bond acceptors (Lipinski definition) is 3. The minimum absolute atomic E-state index is 0. The van der Waals surface area contributed by atoms with Crippen molar-refractivity contribution < 1.29 is 4.74 Å². The van der Waals surface area contributed by atoms with Gasteiger partial charge in [-0.25, -0.2) is 4.79 Å². The molecule has 0 unspecified atom stereocenters. The summed E-state index contributed by atoms with van der Waals surface area (Å²) >= 11 is 0. The van der Waals surface area contributed by atoms with E-state index in [0.29, 0.717) is 12.5 Å². The Balaban J connectivity index is 0.00000169. The minimum Gasteiger partial charge on any atom is -0.491 e. The third-order valence-corrected chi connectivity index (χ3v) is 4.24. The summed E-state index contributed by atoms with van der Waals surface area (Å²) in [6, 6.07) is 14.3. The molecule has 0 saturated carbocycles. The lowest BCUT2D eigenvalue weighted by Crippen LogP contribution is -2.45. The van der Waals surface area contributed by atoms with E-state index in [0.717, 1.165) is 41.9 Å². The number of aromatic amines is 2. The average Bonchev–Trinajstić information content (AvgIpc) is 2.87. The van der Waals surface area contributed by atoms with Crippen LogP contribution in [0.4, 0.5) is 0 Å². The van der Waals surface area contributed by atoms with E-state index in [1.54, 1.807) is 0 Å². The summed E-state index contributed by atoms with van der Waals surface area (Å²) in [5.41, 5.74) is 3.70. The molecular weight excluding hydrogens is 326 g/mol. The van der Waals surface area contributed by atoms with Crippen LogP contribution in [0.5, 0.6) is 5.75 Å². The van der Waals surface area contributed by atoms with Crippen LogP contribution in [-0.4, -0.2) is 29.7 Å². The van der Waals surface area contributed by atoms with Gasteiger partial charge in [0.15, 0.2) is 0 Å². The number of fused-ring (bicyclic) bond motifs is 1. The van der Waals surface area contributed by atoms with Crippen molar-refractivity contribution in [3.8, 4) is 5.75 Å². The first kappa shape index (κ1) is 16.6. The minimum atomic E-state index is -0.202. The number of aromatic nitrogens is 2. The van der Waals surface area contributed by atoms with E-state index in [2.05, 4.69) is 27.4 Å². The second-order valence-corrected chi connectivity index (χ2v) is 6.09. The van der Waals surface area contributed by atoms with E-state index in [1.165, 1.54) is 5.56 Å². The summed E-state index contributed by atoms with van der Waals surface area (Å²) < 4.78 is 5.98. The highest BCUT2D eigenvalue weighted by atomic mass is 35.5. The van der Waals surface area contributed by atoms with Crippen molar-refractivity contribution in [3.63, 3.8) is 0 Å². The first-order valence-electron chi connectivity index (χ1n) is 7.90. The molecule has 126 valence electrons. The highest BCUT2D eigenvalue weighted by Gasteiger charge is 2.18. The van der Waals surface area contributed by atoms with Gasteiger partial charge in [0.25, 0.3) is 0 Å². The molecule has 3 aromatic rings. The lowest BCUT2D eigenvalue weighted by molar-refractivity contribution is 0.200. The lowest BCUT2D eigenvalue weighted by Gasteiger charge is -2.27. The van der Waals surface area contributed by atoms with Gasteiger partial charge in [-0.05, 0) is 29.7 Å². The number of H-pyrrole nitrogens is 2. The van der Waals surface area contributed by atoms with E-state index in [1.807, 2.05) is 30.3 Å². The fourth-order valence-corrected chi connectivity index (χ4v) is 2.89. The predicted octanol–water partition coefficient (Wildman–Crippen LogP) is 2.47. The van der Waals surface area contributed by atoms with Gasteiger partial charge in [0.2, 0.25) is 0 Å². The van der Waals surface area contributed by atoms with Crippen molar-refractivity contribution in [2.24, 2.45) is 5.92 Å². The van der Waals surface area contributed by atoms with E-state index in [9.17, 15) is 4.79 Å². The van der Waals surface area contributed by atoms with Gasteiger partial charge < -0.3 is 20.0 Å². The highest BCUT2D eigenvalue weighted by molar-refractivity contribution is 5.85. The number of imidazole rings is 1. The van der Waals surface area contributed by atoms with Crippen LogP contribution in [0.3, 0.4) is 0 Å². The van der Waals surface area contributed by atoms with Crippen molar-refractivity contribution in [2.75, 3.05) is 19.7 Å². The van der Waals surface area contributed by atoms with Gasteiger partial charge in [-0.3, -0.25) is 0 Å². The summed E-state index contributed by atoms with van der Waals surface area (Å²) in [5, 5.41) is 3.24. The predicted molar refractivity (Wildman–Crippen MR) is 97.3 cm³/mol. The summed E-state index contributed by atoms with van der Waals surface area (Å²) in [4.78, 5) is 17.3. The zero-order valence-corrected chi connectivity index (χ0v) is 14.0. The van der Waals surface area contributed by atoms with Gasteiger partial charge in [-0.15, -0.1) is 12.4 Å². The molecule has 1 aromatic heterocycles. The molecule has 5 nitrogen and oxygen atoms in total. The van der Waals surface area contributed by atoms with E-state index < -0.39 is 0 Å². The van der Waals surface area contributed by atoms with Crippen LogP contribution in [0.1, 0.15) is 11.1 Å². The van der Waals surface area contributed by atoms with Crippen LogP contribution in [0.25, 0.3) is 11.0 Å². The second-order valence-electron chi connectivity index (χ2n) is 6.09. The molecule has 0 aliphatic carbocycles. The molecule has 1 saturated heterocycles. The maximum atomic E-state index is 11.6. The third kappa shape index (κ3) is 3.47. The van der Waals surface area contributed by atoms with E-state index in [4.69, 9.17) is 4.74 Å². The van der Waals surface area contributed by atoms with Gasteiger partial charge in [0.1, 0.15) is 11.3 Å². The van der Waals surface area contributed by atoms with Gasteiger partial charge in [-0.1, -0.05) is 30.3 Å². The molecule has 2 heterocycles. The quantitative estimate of drug-likeness (QED) is 0.665. The summed E-state index contributed by atoms with van der Waals surface area (Å²) in [6.07, 6.45) is 0.811. The molecule has 0 bridgehead atoms. The standard InChI is InChI=1S/C18H19N3O2.ClH/c22-18-20-15-7-13(6-12-4-2-1-3-5-12)8-16(17(15)21-18)23-11-14-9-19-10-14;/h1-5,7-8,14,19H,6,9-11H2,(H2,20,21,22);1H. The Labute approximate surface area is 145 Å². The molecule has 1 fully saturated rings. The first-order valence-corrected chi connectivity index (χ1v) is 7.90. The van der Waals surface area contributed by atoms with Crippen molar-refractivity contribution in [3.05, 3.63) is 64.1 Å². The van der Waals surface area contributed by atoms with Crippen LogP contribution < -0.4 is 15.7 Å². The van der Waals surface area contributed by atoms with E-state index >= 15 is 0 Å². The maximum Gasteiger partial charge on any atom is 0.323 e. The Morgan fingerprint density at radius 2 is 1.83 bits per heavy atom. The fourth-order valence-electron chi connectivity index (χ4n) is 2.89. The Morgan fingerprint density at radius 3 is 2.54 bits per heavy atom. The molecular formula is C18H20ClN3O2. The van der Waals surface area contributed by atoms with Crippen LogP contribution >= 0.6 is 12.4 Å². The van der Waals surface area contributed by atoms with Gasteiger partial charge in [0.05, 0.1) is 12.1 Å². The molecule has 24 heavy (non-hydrogen) atoms. The topological polar surface area (TPSA) is 69.9 Å². The third-order valence-electron chi connectivity index (χ3n) is 4.24. The lowest BCUT2D eigenvalue weighted by atomic mass is 10.0. The largest absolute Gasteiger partial charge is 0.491 e. The monoisotopic (exact) mass is 345 g/mol. The molecule has 6 heteroatoms. The molecule has 0 radical (unpaired) electrons. The molecule has 2 aromatic carbocycles. The van der Waals surface area contributed by atoms with Gasteiger partial charge >= 0.3 is 5.69 Å². The van der Waals surface area contributed by atoms with Crippen molar-refractivity contribution in [1.82, 2.24) is 15.3 Å². The number of nitrogens with one attached hydrogen (secondary N) is 3. The van der Waals surface area contributed by atoms with Crippen LogP contribution in [0.2, 0.25) is 0 Å². The molecule has 0 amide bonds. The summed E-state index contributed by atoms with van der Waals surface area (Å²) in [5.74, 6) is 1.30. The van der Waals surface area contributed by atoms with Crippen LogP contribution in [0.15, 0.2) is 47.3 Å². The van der Waals surface area contributed by atoms with Gasteiger partial charge in [-0.2, -0.15) is 0 Å². The van der Waals surface area contributed by atoms with E-state index in [-0.39, 0.29) is 18.1 Å². The van der Waals surface area contributed by atoms with Crippen molar-refractivity contribution in [1.29, 1.82) is 0 Å². The first-order chi connectivity index (χ1) is 11.3.